The van der Waals surface area contributed by atoms with Crippen molar-refractivity contribution in [1.82, 2.24) is 4.98 Å². The van der Waals surface area contributed by atoms with E-state index in [0.29, 0.717) is 18.0 Å². The first-order valence-electron chi connectivity index (χ1n) is 3.61. The normalized spacial score (nSPS) is 10.5. The maximum absolute atomic E-state index is 11.2. The Morgan fingerprint density at radius 3 is 2.91 bits per heavy atom. The van der Waals surface area contributed by atoms with E-state index in [1.165, 1.54) is 12.7 Å². The van der Waals surface area contributed by atoms with Crippen molar-refractivity contribution < 1.29 is 9.21 Å². The lowest BCUT2D eigenvalue weighted by Gasteiger charge is -1.98. The van der Waals surface area contributed by atoms with Crippen molar-refractivity contribution in [1.29, 1.82) is 0 Å². The van der Waals surface area contributed by atoms with E-state index in [-0.39, 0.29) is 5.78 Å². The molecular formula is C8H11NO2. The Hall–Kier alpha value is -1.12. The van der Waals surface area contributed by atoms with Crippen LogP contribution in [-0.2, 0) is 0 Å². The topological polar surface area (TPSA) is 43.1 Å². The lowest BCUT2D eigenvalue weighted by atomic mass is 10.1. The average Bonchev–Trinajstić information content (AvgIpc) is 2.35. The van der Waals surface area contributed by atoms with Gasteiger partial charge >= 0.3 is 0 Å². The van der Waals surface area contributed by atoms with E-state index >= 15 is 0 Å². The molecule has 0 aliphatic heterocycles. The molecule has 0 amide bonds. The molecule has 0 aliphatic rings. The Labute approximate surface area is 65.4 Å². The van der Waals surface area contributed by atoms with Crippen LogP contribution in [0, 0.1) is 5.92 Å². The number of ketones is 1. The van der Waals surface area contributed by atoms with Crippen LogP contribution >= 0.6 is 0 Å². The van der Waals surface area contributed by atoms with Crippen molar-refractivity contribution in [3.05, 3.63) is 18.4 Å². The molecule has 0 aliphatic carbocycles. The molecule has 60 valence electrons. The molecule has 0 N–H and O–H groups in total. The molecule has 11 heavy (non-hydrogen) atoms. The molecule has 0 fully saturated rings. The number of nitrogens with zero attached hydrogens (tertiary/aromatic N) is 1. The SMILES string of the molecule is CC(C)CC(=O)c1cocn1. The average molecular weight is 153 g/mol. The molecule has 0 saturated heterocycles. The van der Waals surface area contributed by atoms with Crippen LogP contribution in [0.5, 0.6) is 0 Å². The van der Waals surface area contributed by atoms with Gasteiger partial charge in [0.25, 0.3) is 0 Å². The fraction of sp³-hybridized carbons (Fsp3) is 0.500. The number of carbonyl (C=O) groups is 1. The van der Waals surface area contributed by atoms with Crippen LogP contribution < -0.4 is 0 Å². The third kappa shape index (κ3) is 2.18. The van der Waals surface area contributed by atoms with E-state index < -0.39 is 0 Å². The molecule has 0 unspecified atom stereocenters. The molecule has 1 aromatic heterocycles. The molecule has 1 rings (SSSR count). The van der Waals surface area contributed by atoms with Crippen LogP contribution in [0.15, 0.2) is 17.1 Å². The smallest absolute Gasteiger partial charge is 0.184 e. The summed E-state index contributed by atoms with van der Waals surface area (Å²) in [6, 6.07) is 0. The quantitative estimate of drug-likeness (QED) is 0.623. The van der Waals surface area contributed by atoms with Gasteiger partial charge in [0, 0.05) is 6.42 Å². The maximum atomic E-state index is 11.2. The number of oxazole rings is 1. The van der Waals surface area contributed by atoms with Gasteiger partial charge in [-0.25, -0.2) is 4.98 Å². The molecule has 1 heterocycles. The predicted molar refractivity (Wildman–Crippen MR) is 40.3 cm³/mol. The largest absolute Gasteiger partial charge is 0.451 e. The number of aromatic nitrogens is 1. The minimum Gasteiger partial charge on any atom is -0.451 e. The number of Topliss-reactive ketones (excluding diaryl/α,β-unsaturated/α-hetero) is 1. The Morgan fingerprint density at radius 2 is 2.45 bits per heavy atom. The molecule has 0 radical (unpaired) electrons. The lowest BCUT2D eigenvalue weighted by Crippen LogP contribution is -2.03. The summed E-state index contributed by atoms with van der Waals surface area (Å²) in [5.74, 6) is 0.424. The highest BCUT2D eigenvalue weighted by atomic mass is 16.3. The lowest BCUT2D eigenvalue weighted by molar-refractivity contribution is 0.0963. The van der Waals surface area contributed by atoms with Crippen LogP contribution in [0.4, 0.5) is 0 Å². The summed E-state index contributed by atoms with van der Waals surface area (Å²) >= 11 is 0. The minimum absolute atomic E-state index is 0.0498. The van der Waals surface area contributed by atoms with E-state index in [0.717, 1.165) is 0 Å². The molecule has 3 heteroatoms. The molecule has 3 nitrogen and oxygen atoms in total. The summed E-state index contributed by atoms with van der Waals surface area (Å²) in [5, 5.41) is 0. The first-order chi connectivity index (χ1) is 5.20. The maximum Gasteiger partial charge on any atom is 0.184 e. The van der Waals surface area contributed by atoms with Gasteiger partial charge in [0.15, 0.2) is 12.2 Å². The van der Waals surface area contributed by atoms with Crippen molar-refractivity contribution in [2.45, 2.75) is 20.3 Å². The second-order valence-corrected chi connectivity index (χ2v) is 2.89. The minimum atomic E-state index is 0.0498. The van der Waals surface area contributed by atoms with Crippen LogP contribution in [0.2, 0.25) is 0 Å². The summed E-state index contributed by atoms with van der Waals surface area (Å²) in [5.41, 5.74) is 0.429. The Bertz CT molecular complexity index is 226. The highest BCUT2D eigenvalue weighted by molar-refractivity contribution is 5.93. The summed E-state index contributed by atoms with van der Waals surface area (Å²) in [6.45, 7) is 4.00. The van der Waals surface area contributed by atoms with E-state index in [4.69, 9.17) is 0 Å². The van der Waals surface area contributed by atoms with Crippen molar-refractivity contribution >= 4 is 5.78 Å². The van der Waals surface area contributed by atoms with Gasteiger partial charge in [-0.15, -0.1) is 0 Å². The van der Waals surface area contributed by atoms with Crippen LogP contribution in [-0.4, -0.2) is 10.8 Å². The summed E-state index contributed by atoms with van der Waals surface area (Å²) < 4.78 is 4.69. The summed E-state index contributed by atoms with van der Waals surface area (Å²) in [4.78, 5) is 14.9. The molecule has 0 saturated carbocycles. The molecular weight excluding hydrogens is 142 g/mol. The van der Waals surface area contributed by atoms with Crippen LogP contribution in [0.1, 0.15) is 30.8 Å². The van der Waals surface area contributed by atoms with Crippen molar-refractivity contribution in [2.24, 2.45) is 5.92 Å². The zero-order valence-corrected chi connectivity index (χ0v) is 6.70. The summed E-state index contributed by atoms with van der Waals surface area (Å²) in [7, 11) is 0. The van der Waals surface area contributed by atoms with Gasteiger partial charge in [-0.2, -0.15) is 0 Å². The zero-order chi connectivity index (χ0) is 8.27. The van der Waals surface area contributed by atoms with Crippen molar-refractivity contribution in [3.8, 4) is 0 Å². The predicted octanol–water partition coefficient (Wildman–Crippen LogP) is 1.90. The number of hydrogen-bond donors (Lipinski definition) is 0. The first-order valence-corrected chi connectivity index (χ1v) is 3.61. The van der Waals surface area contributed by atoms with Gasteiger partial charge in [0.05, 0.1) is 0 Å². The Balaban J connectivity index is 2.57. The monoisotopic (exact) mass is 153 g/mol. The molecule has 0 bridgehead atoms. The van der Waals surface area contributed by atoms with Gasteiger partial charge in [-0.05, 0) is 5.92 Å². The van der Waals surface area contributed by atoms with Crippen molar-refractivity contribution in [3.63, 3.8) is 0 Å². The third-order valence-electron chi connectivity index (χ3n) is 1.31. The fourth-order valence-corrected chi connectivity index (χ4v) is 0.826. The fourth-order valence-electron chi connectivity index (χ4n) is 0.826. The molecule has 0 aromatic carbocycles. The van der Waals surface area contributed by atoms with E-state index in [1.54, 1.807) is 0 Å². The molecule has 0 atom stereocenters. The zero-order valence-electron chi connectivity index (χ0n) is 6.70. The van der Waals surface area contributed by atoms with Crippen LogP contribution in [0.3, 0.4) is 0 Å². The van der Waals surface area contributed by atoms with Gasteiger partial charge in [0.1, 0.15) is 12.0 Å². The number of hydrogen-bond acceptors (Lipinski definition) is 3. The van der Waals surface area contributed by atoms with E-state index in [9.17, 15) is 4.79 Å². The second-order valence-electron chi connectivity index (χ2n) is 2.89. The Kier molecular flexibility index (Phi) is 2.41. The van der Waals surface area contributed by atoms with E-state index in [2.05, 4.69) is 9.40 Å². The van der Waals surface area contributed by atoms with Crippen LogP contribution in [0.25, 0.3) is 0 Å². The molecule has 0 spiro atoms. The summed E-state index contributed by atoms with van der Waals surface area (Å²) in [6.07, 6.45) is 3.19. The Morgan fingerprint density at radius 1 is 1.73 bits per heavy atom. The number of rotatable bonds is 3. The van der Waals surface area contributed by atoms with E-state index in [1.807, 2.05) is 13.8 Å². The molecule has 1 aromatic rings. The highest BCUT2D eigenvalue weighted by Gasteiger charge is 2.09. The standard InChI is InChI=1S/C8H11NO2/c1-6(2)3-8(10)7-4-11-5-9-7/h4-6H,3H2,1-2H3. The second kappa shape index (κ2) is 3.32. The highest BCUT2D eigenvalue weighted by Crippen LogP contribution is 2.06. The third-order valence-corrected chi connectivity index (χ3v) is 1.31. The van der Waals surface area contributed by atoms with Gasteiger partial charge < -0.3 is 4.42 Å². The van der Waals surface area contributed by atoms with Gasteiger partial charge in [0.2, 0.25) is 0 Å². The first kappa shape index (κ1) is 7.98. The van der Waals surface area contributed by atoms with Crippen molar-refractivity contribution in [2.75, 3.05) is 0 Å². The van der Waals surface area contributed by atoms with Gasteiger partial charge in [-0.1, -0.05) is 13.8 Å². The number of carbonyl (C=O) groups excluding carboxylic acids is 1. The van der Waals surface area contributed by atoms with Gasteiger partial charge in [-0.3, -0.25) is 4.79 Å².